The Morgan fingerprint density at radius 1 is 1.11 bits per heavy atom. The lowest BCUT2D eigenvalue weighted by Crippen LogP contribution is -2.42. The van der Waals surface area contributed by atoms with E-state index in [2.05, 4.69) is 5.32 Å². The fraction of sp³-hybridized carbons (Fsp3) is 0.350. The summed E-state index contributed by atoms with van der Waals surface area (Å²) in [5, 5.41) is 3.46. The van der Waals surface area contributed by atoms with Gasteiger partial charge in [0, 0.05) is 24.0 Å². The number of carbonyl (C=O) groups is 1. The van der Waals surface area contributed by atoms with Crippen LogP contribution < -0.4 is 5.32 Å². The Kier molecular flexibility index (Phi) is 4.97. The van der Waals surface area contributed by atoms with E-state index in [1.807, 2.05) is 24.3 Å². The predicted octanol–water partition coefficient (Wildman–Crippen LogP) is 3.30. The summed E-state index contributed by atoms with van der Waals surface area (Å²) in [7, 11) is -3.73. The lowest BCUT2D eigenvalue weighted by molar-refractivity contribution is -0.122. The van der Waals surface area contributed by atoms with E-state index in [1.165, 1.54) is 16.4 Å². The highest BCUT2D eigenvalue weighted by Gasteiger charge is 2.38. The molecule has 1 fully saturated rings. The number of sulfonamides is 1. The van der Waals surface area contributed by atoms with Gasteiger partial charge in [0.15, 0.2) is 0 Å². The molecular formula is C20H21ClN2O3S. The van der Waals surface area contributed by atoms with Crippen LogP contribution in [0.2, 0.25) is 5.02 Å². The molecule has 1 saturated carbocycles. The molecule has 7 heteroatoms. The average molecular weight is 405 g/mol. The maximum Gasteiger partial charge on any atom is 0.243 e. The number of carbonyl (C=O) groups excluding carboxylic acids is 1. The zero-order valence-electron chi connectivity index (χ0n) is 14.8. The summed E-state index contributed by atoms with van der Waals surface area (Å²) in [6.07, 6.45) is 2.75. The predicted molar refractivity (Wildman–Crippen MR) is 104 cm³/mol. The van der Waals surface area contributed by atoms with Crippen molar-refractivity contribution < 1.29 is 13.2 Å². The number of nitrogens with one attached hydrogen (secondary N) is 1. The maximum absolute atomic E-state index is 13.3. The van der Waals surface area contributed by atoms with E-state index in [9.17, 15) is 13.2 Å². The van der Waals surface area contributed by atoms with Crippen molar-refractivity contribution in [3.8, 4) is 0 Å². The summed E-state index contributed by atoms with van der Waals surface area (Å²) < 4.78 is 28.0. The zero-order chi connectivity index (χ0) is 19.0. The Morgan fingerprint density at radius 3 is 2.52 bits per heavy atom. The molecule has 0 aromatic heterocycles. The highest BCUT2D eigenvalue weighted by molar-refractivity contribution is 7.89. The van der Waals surface area contributed by atoms with Crippen molar-refractivity contribution in [3.05, 3.63) is 64.7 Å². The van der Waals surface area contributed by atoms with E-state index >= 15 is 0 Å². The molecule has 4 rings (SSSR count). The van der Waals surface area contributed by atoms with Crippen molar-refractivity contribution in [2.45, 2.75) is 42.7 Å². The molecule has 1 unspecified atom stereocenters. The van der Waals surface area contributed by atoms with Gasteiger partial charge in [0.1, 0.15) is 0 Å². The Bertz CT molecular complexity index is 955. The number of hydrogen-bond acceptors (Lipinski definition) is 3. The minimum atomic E-state index is -3.73. The number of rotatable bonds is 5. The first kappa shape index (κ1) is 18.5. The maximum atomic E-state index is 13.3. The van der Waals surface area contributed by atoms with Crippen LogP contribution in [0.1, 0.15) is 36.4 Å². The minimum absolute atomic E-state index is 0.101. The second kappa shape index (κ2) is 7.26. The normalized spacial score (nSPS) is 20.1. The summed E-state index contributed by atoms with van der Waals surface area (Å²) in [4.78, 5) is 12.7. The molecule has 0 spiro atoms. The van der Waals surface area contributed by atoms with Crippen LogP contribution in [0.5, 0.6) is 0 Å². The summed E-state index contributed by atoms with van der Waals surface area (Å²) >= 11 is 5.90. The van der Waals surface area contributed by atoms with Gasteiger partial charge < -0.3 is 5.32 Å². The van der Waals surface area contributed by atoms with Gasteiger partial charge in [-0.25, -0.2) is 8.42 Å². The molecule has 27 heavy (non-hydrogen) atoms. The Hall–Kier alpha value is -1.89. The van der Waals surface area contributed by atoms with Crippen molar-refractivity contribution in [1.29, 1.82) is 0 Å². The van der Waals surface area contributed by atoms with Gasteiger partial charge in [-0.2, -0.15) is 4.31 Å². The summed E-state index contributed by atoms with van der Waals surface area (Å²) in [5.74, 6) is -0.101. The van der Waals surface area contributed by atoms with Crippen LogP contribution in [0.4, 0.5) is 0 Å². The van der Waals surface area contributed by atoms with Gasteiger partial charge in [-0.15, -0.1) is 0 Å². The molecule has 1 atom stereocenters. The van der Waals surface area contributed by atoms with Gasteiger partial charge >= 0.3 is 0 Å². The van der Waals surface area contributed by atoms with E-state index < -0.39 is 16.1 Å². The molecule has 0 radical (unpaired) electrons. The summed E-state index contributed by atoms with van der Waals surface area (Å²) in [6.45, 7) is 0.351. The monoisotopic (exact) mass is 404 g/mol. The van der Waals surface area contributed by atoms with E-state index in [-0.39, 0.29) is 23.3 Å². The van der Waals surface area contributed by atoms with Crippen molar-refractivity contribution in [1.82, 2.24) is 9.62 Å². The minimum Gasteiger partial charge on any atom is -0.353 e. The highest BCUT2D eigenvalue weighted by atomic mass is 35.5. The summed E-state index contributed by atoms with van der Waals surface area (Å²) in [5.41, 5.74) is 2.01. The molecule has 1 amide bonds. The van der Waals surface area contributed by atoms with Gasteiger partial charge in [-0.05, 0) is 54.7 Å². The van der Waals surface area contributed by atoms with E-state index in [0.29, 0.717) is 18.0 Å². The number of nitrogens with zero attached hydrogens (tertiary/aromatic N) is 1. The van der Waals surface area contributed by atoms with Gasteiger partial charge in [-0.3, -0.25) is 4.79 Å². The van der Waals surface area contributed by atoms with Crippen molar-refractivity contribution in [2.75, 3.05) is 6.54 Å². The van der Waals surface area contributed by atoms with Gasteiger partial charge in [0.2, 0.25) is 15.9 Å². The van der Waals surface area contributed by atoms with Crippen LogP contribution in [0.3, 0.4) is 0 Å². The molecule has 2 aromatic rings. The summed E-state index contributed by atoms with van der Waals surface area (Å²) in [6, 6.07) is 13.7. The van der Waals surface area contributed by atoms with Crippen molar-refractivity contribution >= 4 is 27.5 Å². The second-order valence-corrected chi connectivity index (χ2v) is 9.41. The number of halogens is 1. The van der Waals surface area contributed by atoms with E-state index in [1.54, 1.807) is 12.1 Å². The van der Waals surface area contributed by atoms with Crippen LogP contribution in [-0.2, 0) is 21.2 Å². The van der Waals surface area contributed by atoms with Gasteiger partial charge in [0.25, 0.3) is 0 Å². The van der Waals surface area contributed by atoms with Crippen molar-refractivity contribution in [2.24, 2.45) is 0 Å². The standard InChI is InChI=1S/C20H21ClN2O3S/c21-15-5-9-17(10-6-15)27(25,26)23-12-11-14-3-1-2-4-18(14)19(23)13-20(24)22-16-7-8-16/h1-6,9-10,16,19H,7-8,11-13H2,(H,22,24). The van der Waals surface area contributed by atoms with Gasteiger partial charge in [0.05, 0.1) is 10.9 Å². The fourth-order valence-electron chi connectivity index (χ4n) is 3.56. The largest absolute Gasteiger partial charge is 0.353 e. The Balaban J connectivity index is 1.68. The molecule has 1 heterocycles. The topological polar surface area (TPSA) is 66.5 Å². The Labute approximate surface area is 164 Å². The molecule has 1 aliphatic carbocycles. The SMILES string of the molecule is O=C(CC1c2ccccc2CCN1S(=O)(=O)c1ccc(Cl)cc1)NC1CC1. The van der Waals surface area contributed by atoms with Crippen LogP contribution in [0.25, 0.3) is 0 Å². The molecule has 0 saturated heterocycles. The van der Waals surface area contributed by atoms with Gasteiger partial charge in [-0.1, -0.05) is 35.9 Å². The number of hydrogen-bond donors (Lipinski definition) is 1. The number of amides is 1. The third-order valence-electron chi connectivity index (χ3n) is 5.10. The van der Waals surface area contributed by atoms with Crippen LogP contribution >= 0.6 is 11.6 Å². The third-order valence-corrected chi connectivity index (χ3v) is 7.28. The first-order valence-electron chi connectivity index (χ1n) is 9.10. The molecule has 0 bridgehead atoms. The number of fused-ring (bicyclic) bond motifs is 1. The lowest BCUT2D eigenvalue weighted by atomic mass is 9.92. The van der Waals surface area contributed by atoms with Crippen LogP contribution in [0.15, 0.2) is 53.4 Å². The molecule has 142 valence electrons. The molecule has 1 N–H and O–H groups in total. The molecular weight excluding hydrogens is 384 g/mol. The highest BCUT2D eigenvalue weighted by Crippen LogP contribution is 2.36. The van der Waals surface area contributed by atoms with Crippen LogP contribution in [-0.4, -0.2) is 31.2 Å². The first-order valence-corrected chi connectivity index (χ1v) is 10.9. The number of benzene rings is 2. The van der Waals surface area contributed by atoms with E-state index in [4.69, 9.17) is 11.6 Å². The fourth-order valence-corrected chi connectivity index (χ4v) is 5.29. The molecule has 5 nitrogen and oxygen atoms in total. The quantitative estimate of drug-likeness (QED) is 0.831. The third kappa shape index (κ3) is 3.88. The molecule has 2 aliphatic rings. The second-order valence-electron chi connectivity index (χ2n) is 7.08. The molecule has 2 aromatic carbocycles. The average Bonchev–Trinajstić information content (AvgIpc) is 3.46. The smallest absolute Gasteiger partial charge is 0.243 e. The van der Waals surface area contributed by atoms with Crippen molar-refractivity contribution in [3.63, 3.8) is 0 Å². The molecule has 1 aliphatic heterocycles. The first-order chi connectivity index (χ1) is 12.9. The Morgan fingerprint density at radius 2 is 1.81 bits per heavy atom. The zero-order valence-corrected chi connectivity index (χ0v) is 16.3. The lowest BCUT2D eigenvalue weighted by Gasteiger charge is -2.36. The van der Waals surface area contributed by atoms with Crippen LogP contribution in [0, 0.1) is 0 Å². The van der Waals surface area contributed by atoms with E-state index in [0.717, 1.165) is 24.0 Å².